The molecule has 0 unspecified atom stereocenters. The average molecular weight is 216 g/mol. The summed E-state index contributed by atoms with van der Waals surface area (Å²) < 4.78 is 36.6. The van der Waals surface area contributed by atoms with Gasteiger partial charge in [0.05, 0.1) is 10.0 Å². The molecule has 6 heteroatoms. The van der Waals surface area contributed by atoms with Crippen LogP contribution in [0.25, 0.3) is 0 Å². The molecular formula is C6H2Cl2F3N. The summed E-state index contributed by atoms with van der Waals surface area (Å²) in [6, 6.07) is 0. The molecule has 12 heavy (non-hydrogen) atoms. The van der Waals surface area contributed by atoms with Crippen LogP contribution in [0.1, 0.15) is 12.1 Å². The van der Waals surface area contributed by atoms with E-state index in [4.69, 9.17) is 23.2 Å². The Bertz CT molecular complexity index is 303. The van der Waals surface area contributed by atoms with Gasteiger partial charge in [0.15, 0.2) is 5.82 Å². The lowest BCUT2D eigenvalue weighted by Crippen LogP contribution is -1.96. The van der Waals surface area contributed by atoms with E-state index in [1.54, 1.807) is 0 Å². The molecule has 1 nitrogen and oxygen atoms in total. The molecule has 0 fully saturated rings. The van der Waals surface area contributed by atoms with Crippen molar-refractivity contribution in [2.24, 2.45) is 0 Å². The maximum atomic E-state index is 12.8. The number of alkyl halides is 2. The Hall–Kier alpha value is -0.480. The molecule has 0 N–H and O–H groups in total. The van der Waals surface area contributed by atoms with Crippen molar-refractivity contribution in [3.8, 4) is 0 Å². The third-order valence-electron chi connectivity index (χ3n) is 1.15. The number of hydrogen-bond donors (Lipinski definition) is 0. The first-order valence-electron chi connectivity index (χ1n) is 2.81. The van der Waals surface area contributed by atoms with E-state index in [2.05, 4.69) is 4.98 Å². The molecule has 1 heterocycles. The third-order valence-corrected chi connectivity index (χ3v) is 1.90. The molecule has 0 bridgehead atoms. The summed E-state index contributed by atoms with van der Waals surface area (Å²) in [5.74, 6) is -1.26. The molecule has 0 amide bonds. The molecule has 1 rings (SSSR count). The summed E-state index contributed by atoms with van der Waals surface area (Å²) >= 11 is 10.6. The highest BCUT2D eigenvalue weighted by atomic mass is 35.5. The number of rotatable bonds is 1. The van der Waals surface area contributed by atoms with Gasteiger partial charge in [0.2, 0.25) is 0 Å². The summed E-state index contributed by atoms with van der Waals surface area (Å²) in [5.41, 5.74) is -0.982. The van der Waals surface area contributed by atoms with Crippen LogP contribution in [0.5, 0.6) is 0 Å². The minimum absolute atomic E-state index is 0.182. The van der Waals surface area contributed by atoms with Crippen LogP contribution >= 0.6 is 23.2 Å². The second kappa shape index (κ2) is 3.49. The standard InChI is InChI=1S/C6H2Cl2F3N/c7-2-1-12-5(6(10)11)4(9)3(2)8/h1,6H. The second-order valence-electron chi connectivity index (χ2n) is 1.92. The number of halogens is 5. The minimum Gasteiger partial charge on any atom is -0.251 e. The number of pyridine rings is 1. The molecular weight excluding hydrogens is 214 g/mol. The van der Waals surface area contributed by atoms with Gasteiger partial charge in [-0.15, -0.1) is 0 Å². The fraction of sp³-hybridized carbons (Fsp3) is 0.167. The number of nitrogens with zero attached hydrogens (tertiary/aromatic N) is 1. The van der Waals surface area contributed by atoms with Crippen molar-refractivity contribution in [2.75, 3.05) is 0 Å². The zero-order chi connectivity index (χ0) is 9.30. The van der Waals surface area contributed by atoms with Gasteiger partial charge in [-0.2, -0.15) is 0 Å². The Morgan fingerprint density at radius 1 is 1.33 bits per heavy atom. The van der Waals surface area contributed by atoms with Gasteiger partial charge in [-0.05, 0) is 0 Å². The van der Waals surface area contributed by atoms with Crippen molar-refractivity contribution in [1.82, 2.24) is 4.98 Å². The molecule has 0 atom stereocenters. The van der Waals surface area contributed by atoms with Crippen molar-refractivity contribution in [3.63, 3.8) is 0 Å². The van der Waals surface area contributed by atoms with Crippen LogP contribution in [0.3, 0.4) is 0 Å². The van der Waals surface area contributed by atoms with Gasteiger partial charge < -0.3 is 0 Å². The zero-order valence-corrected chi connectivity index (χ0v) is 7.00. The first kappa shape index (κ1) is 9.61. The smallest absolute Gasteiger partial charge is 0.251 e. The molecule has 0 aromatic carbocycles. The van der Waals surface area contributed by atoms with Gasteiger partial charge in [-0.1, -0.05) is 23.2 Å². The van der Waals surface area contributed by atoms with Gasteiger partial charge in [-0.3, -0.25) is 4.98 Å². The first-order valence-corrected chi connectivity index (χ1v) is 3.57. The van der Waals surface area contributed by atoms with E-state index in [1.165, 1.54) is 0 Å². The summed E-state index contributed by atoms with van der Waals surface area (Å²) in [6.45, 7) is 0. The quantitative estimate of drug-likeness (QED) is 0.700. The maximum absolute atomic E-state index is 12.8. The predicted octanol–water partition coefficient (Wildman–Crippen LogP) is 3.47. The molecule has 66 valence electrons. The molecule has 0 aliphatic carbocycles. The van der Waals surface area contributed by atoms with Crippen LogP contribution in [-0.4, -0.2) is 4.98 Å². The maximum Gasteiger partial charge on any atom is 0.283 e. The van der Waals surface area contributed by atoms with Crippen LogP contribution in [0.4, 0.5) is 13.2 Å². The van der Waals surface area contributed by atoms with E-state index in [1.807, 2.05) is 0 Å². The predicted molar refractivity (Wildman–Crippen MR) is 39.2 cm³/mol. The lowest BCUT2D eigenvalue weighted by atomic mass is 10.3. The number of aromatic nitrogens is 1. The van der Waals surface area contributed by atoms with Crippen molar-refractivity contribution in [1.29, 1.82) is 0 Å². The Kier molecular flexibility index (Phi) is 2.80. The SMILES string of the molecule is Fc1c(C(F)F)ncc(Cl)c1Cl. The summed E-state index contributed by atoms with van der Waals surface area (Å²) in [5, 5.41) is -0.708. The Morgan fingerprint density at radius 3 is 2.42 bits per heavy atom. The first-order chi connectivity index (χ1) is 5.54. The molecule has 0 aliphatic heterocycles. The van der Waals surface area contributed by atoms with Crippen LogP contribution < -0.4 is 0 Å². The molecule has 0 saturated carbocycles. The van der Waals surface area contributed by atoms with Crippen LogP contribution in [-0.2, 0) is 0 Å². The molecule has 0 aliphatic rings. The van der Waals surface area contributed by atoms with Crippen LogP contribution in [0, 0.1) is 5.82 Å². The largest absolute Gasteiger partial charge is 0.283 e. The monoisotopic (exact) mass is 215 g/mol. The fourth-order valence-electron chi connectivity index (χ4n) is 0.609. The Labute approximate surface area is 76.1 Å². The van der Waals surface area contributed by atoms with E-state index in [9.17, 15) is 13.2 Å². The lowest BCUT2D eigenvalue weighted by Gasteiger charge is -2.02. The van der Waals surface area contributed by atoms with E-state index in [-0.39, 0.29) is 5.02 Å². The topological polar surface area (TPSA) is 12.9 Å². The van der Waals surface area contributed by atoms with Gasteiger partial charge in [-0.25, -0.2) is 13.2 Å². The highest BCUT2D eigenvalue weighted by Gasteiger charge is 2.19. The molecule has 0 saturated heterocycles. The van der Waals surface area contributed by atoms with Gasteiger partial charge in [0.25, 0.3) is 6.43 Å². The van der Waals surface area contributed by atoms with Gasteiger partial charge >= 0.3 is 0 Å². The Balaban J connectivity index is 3.27. The normalized spacial score (nSPS) is 10.8. The molecule has 1 aromatic rings. The van der Waals surface area contributed by atoms with E-state index in [0.29, 0.717) is 0 Å². The molecule has 1 aromatic heterocycles. The van der Waals surface area contributed by atoms with Crippen molar-refractivity contribution in [2.45, 2.75) is 6.43 Å². The zero-order valence-electron chi connectivity index (χ0n) is 5.49. The average Bonchev–Trinajstić information content (AvgIpc) is 2.00. The lowest BCUT2D eigenvalue weighted by molar-refractivity contribution is 0.140. The van der Waals surface area contributed by atoms with E-state index >= 15 is 0 Å². The fourth-order valence-corrected chi connectivity index (χ4v) is 0.886. The summed E-state index contributed by atoms with van der Waals surface area (Å²) in [6.07, 6.45) is -2.10. The highest BCUT2D eigenvalue weighted by Crippen LogP contribution is 2.29. The minimum atomic E-state index is -2.99. The molecule has 0 spiro atoms. The van der Waals surface area contributed by atoms with Crippen molar-refractivity contribution in [3.05, 3.63) is 27.8 Å². The highest BCUT2D eigenvalue weighted by molar-refractivity contribution is 6.41. The van der Waals surface area contributed by atoms with Crippen LogP contribution in [0.2, 0.25) is 10.0 Å². The second-order valence-corrected chi connectivity index (χ2v) is 2.71. The van der Waals surface area contributed by atoms with Gasteiger partial charge in [0, 0.05) is 6.20 Å². The van der Waals surface area contributed by atoms with Crippen molar-refractivity contribution < 1.29 is 13.2 Å². The van der Waals surface area contributed by atoms with Gasteiger partial charge in [0.1, 0.15) is 5.69 Å². The van der Waals surface area contributed by atoms with E-state index < -0.39 is 23.0 Å². The number of hydrogen-bond acceptors (Lipinski definition) is 1. The van der Waals surface area contributed by atoms with Crippen LogP contribution in [0.15, 0.2) is 6.20 Å². The van der Waals surface area contributed by atoms with Crippen molar-refractivity contribution >= 4 is 23.2 Å². The summed E-state index contributed by atoms with van der Waals surface area (Å²) in [4.78, 5) is 3.10. The van der Waals surface area contributed by atoms with E-state index in [0.717, 1.165) is 6.20 Å². The Morgan fingerprint density at radius 2 is 1.92 bits per heavy atom. The molecule has 0 radical (unpaired) electrons. The third kappa shape index (κ3) is 1.64. The summed E-state index contributed by atoms with van der Waals surface area (Å²) in [7, 11) is 0.